The predicted molar refractivity (Wildman–Crippen MR) is 74.1 cm³/mol. The molecule has 0 amide bonds. The number of thioether (sulfide) groups is 1. The van der Waals surface area contributed by atoms with Crippen molar-refractivity contribution in [1.29, 1.82) is 0 Å². The third-order valence-electron chi connectivity index (χ3n) is 2.91. The van der Waals surface area contributed by atoms with Gasteiger partial charge in [-0.05, 0) is 24.1 Å². The number of amidine groups is 1. The maximum atomic E-state index is 13.0. The summed E-state index contributed by atoms with van der Waals surface area (Å²) in [5.74, 6) is 0.630. The highest BCUT2D eigenvalue weighted by Gasteiger charge is 2.34. The molecule has 0 aromatic heterocycles. The number of alkyl halides is 3. The summed E-state index contributed by atoms with van der Waals surface area (Å²) in [6, 6.07) is 3.83. The maximum absolute atomic E-state index is 13.0. The number of benzene rings is 1. The summed E-state index contributed by atoms with van der Waals surface area (Å²) >= 11 is 1.37. The molecule has 0 bridgehead atoms. The van der Waals surface area contributed by atoms with E-state index in [1.165, 1.54) is 17.8 Å². The van der Waals surface area contributed by atoms with E-state index in [1.54, 1.807) is 6.07 Å². The van der Waals surface area contributed by atoms with Crippen molar-refractivity contribution in [2.75, 3.05) is 5.75 Å². The third kappa shape index (κ3) is 4.33. The van der Waals surface area contributed by atoms with Gasteiger partial charge in [0, 0.05) is 16.2 Å². The number of hydrogen-bond donors (Lipinski definition) is 2. The number of oxime groups is 1. The molecule has 0 fully saturated rings. The Bertz CT molecular complexity index is 489. The molecule has 0 aliphatic heterocycles. The minimum absolute atomic E-state index is 0.312. The average molecular weight is 306 g/mol. The standard InChI is InChI=1S/C13H17F3N2OS/c1-3-8(2)7-20-9-4-5-10(12(17)18-19)11(6-9)13(14,15)16/h4-6,8,19H,3,7H2,1-2H3,(H2,17,18). The monoisotopic (exact) mass is 306 g/mol. The zero-order valence-corrected chi connectivity index (χ0v) is 12.1. The Morgan fingerprint density at radius 1 is 1.45 bits per heavy atom. The number of halogens is 3. The van der Waals surface area contributed by atoms with Crippen LogP contribution in [0.15, 0.2) is 28.3 Å². The molecule has 112 valence electrons. The SMILES string of the molecule is CCC(C)CSc1ccc(/C(N)=N/O)c(C(F)(F)F)c1. The van der Waals surface area contributed by atoms with Gasteiger partial charge in [0.05, 0.1) is 5.56 Å². The van der Waals surface area contributed by atoms with Crippen LogP contribution in [0, 0.1) is 5.92 Å². The van der Waals surface area contributed by atoms with Gasteiger partial charge in [-0.3, -0.25) is 0 Å². The lowest BCUT2D eigenvalue weighted by molar-refractivity contribution is -0.137. The van der Waals surface area contributed by atoms with Crippen molar-refractivity contribution >= 4 is 17.6 Å². The van der Waals surface area contributed by atoms with E-state index in [0.717, 1.165) is 18.2 Å². The van der Waals surface area contributed by atoms with E-state index in [1.807, 2.05) is 13.8 Å². The van der Waals surface area contributed by atoms with Crippen LogP contribution in [0.4, 0.5) is 13.2 Å². The van der Waals surface area contributed by atoms with E-state index in [4.69, 9.17) is 10.9 Å². The quantitative estimate of drug-likeness (QED) is 0.285. The Kier molecular flexibility index (Phi) is 5.74. The first-order valence-corrected chi connectivity index (χ1v) is 7.10. The Morgan fingerprint density at radius 3 is 2.60 bits per heavy atom. The van der Waals surface area contributed by atoms with E-state index in [9.17, 15) is 13.2 Å². The fourth-order valence-electron chi connectivity index (χ4n) is 1.48. The van der Waals surface area contributed by atoms with Crippen LogP contribution in [0.5, 0.6) is 0 Å². The topological polar surface area (TPSA) is 58.6 Å². The molecule has 0 radical (unpaired) electrons. The van der Waals surface area contributed by atoms with E-state index in [2.05, 4.69) is 5.16 Å². The molecule has 1 atom stereocenters. The van der Waals surface area contributed by atoms with Gasteiger partial charge in [-0.2, -0.15) is 13.2 Å². The molecule has 1 unspecified atom stereocenters. The lowest BCUT2D eigenvalue weighted by atomic mass is 10.1. The van der Waals surface area contributed by atoms with Crippen molar-refractivity contribution in [3.05, 3.63) is 29.3 Å². The highest BCUT2D eigenvalue weighted by atomic mass is 32.2. The molecular formula is C13H17F3N2OS. The zero-order chi connectivity index (χ0) is 15.3. The Hall–Kier alpha value is -1.37. The van der Waals surface area contributed by atoms with Crippen LogP contribution in [-0.2, 0) is 6.18 Å². The highest BCUT2D eigenvalue weighted by molar-refractivity contribution is 7.99. The van der Waals surface area contributed by atoms with Gasteiger partial charge >= 0.3 is 6.18 Å². The number of nitrogens with two attached hydrogens (primary N) is 1. The largest absolute Gasteiger partial charge is 0.417 e. The second-order valence-corrected chi connectivity index (χ2v) is 5.61. The van der Waals surface area contributed by atoms with Crippen LogP contribution in [-0.4, -0.2) is 16.8 Å². The predicted octanol–water partition coefficient (Wildman–Crippen LogP) is 3.94. The van der Waals surface area contributed by atoms with Gasteiger partial charge in [0.2, 0.25) is 0 Å². The molecule has 0 aliphatic carbocycles. The minimum atomic E-state index is -4.54. The summed E-state index contributed by atoms with van der Waals surface area (Å²) in [4.78, 5) is 0.520. The number of nitrogens with zero attached hydrogens (tertiary/aromatic N) is 1. The summed E-state index contributed by atoms with van der Waals surface area (Å²) < 4.78 is 39.0. The second kappa shape index (κ2) is 6.88. The summed E-state index contributed by atoms with van der Waals surface area (Å²) in [7, 11) is 0. The van der Waals surface area contributed by atoms with Crippen molar-refractivity contribution in [2.24, 2.45) is 16.8 Å². The van der Waals surface area contributed by atoms with Crippen LogP contribution in [0.2, 0.25) is 0 Å². The fourth-order valence-corrected chi connectivity index (χ4v) is 2.56. The van der Waals surface area contributed by atoms with Crippen molar-refractivity contribution in [1.82, 2.24) is 0 Å². The lowest BCUT2D eigenvalue weighted by Crippen LogP contribution is -2.20. The summed E-state index contributed by atoms with van der Waals surface area (Å²) in [6.45, 7) is 4.08. The van der Waals surface area contributed by atoms with Crippen LogP contribution >= 0.6 is 11.8 Å². The molecule has 20 heavy (non-hydrogen) atoms. The van der Waals surface area contributed by atoms with Gasteiger partial charge in [0.25, 0.3) is 0 Å². The van der Waals surface area contributed by atoms with Crippen molar-refractivity contribution < 1.29 is 18.4 Å². The van der Waals surface area contributed by atoms with Crippen molar-refractivity contribution in [3.63, 3.8) is 0 Å². The molecule has 0 saturated carbocycles. The molecule has 7 heteroatoms. The molecule has 3 N–H and O–H groups in total. The average Bonchev–Trinajstić information content (AvgIpc) is 2.42. The first-order chi connectivity index (χ1) is 9.29. The number of hydrogen-bond acceptors (Lipinski definition) is 3. The minimum Gasteiger partial charge on any atom is -0.409 e. The smallest absolute Gasteiger partial charge is 0.409 e. The van der Waals surface area contributed by atoms with Crippen LogP contribution in [0.3, 0.4) is 0 Å². The van der Waals surface area contributed by atoms with Gasteiger partial charge in [-0.15, -0.1) is 11.8 Å². The fraction of sp³-hybridized carbons (Fsp3) is 0.462. The van der Waals surface area contributed by atoms with Crippen molar-refractivity contribution in [2.45, 2.75) is 31.3 Å². The van der Waals surface area contributed by atoms with Crippen LogP contribution in [0.25, 0.3) is 0 Å². The normalized spacial score (nSPS) is 14.3. The molecule has 0 aliphatic rings. The summed E-state index contributed by atoms with van der Waals surface area (Å²) in [5.41, 5.74) is 4.08. The van der Waals surface area contributed by atoms with Gasteiger partial charge in [-0.1, -0.05) is 25.4 Å². The van der Waals surface area contributed by atoms with E-state index < -0.39 is 17.6 Å². The van der Waals surface area contributed by atoms with E-state index in [0.29, 0.717) is 10.8 Å². The molecule has 1 aromatic carbocycles. The van der Waals surface area contributed by atoms with Gasteiger partial charge in [0.15, 0.2) is 5.84 Å². The van der Waals surface area contributed by atoms with Crippen molar-refractivity contribution in [3.8, 4) is 0 Å². The first kappa shape index (κ1) is 16.7. The van der Waals surface area contributed by atoms with Crippen LogP contribution < -0.4 is 5.73 Å². The molecule has 1 aromatic rings. The van der Waals surface area contributed by atoms with Crippen LogP contribution in [0.1, 0.15) is 31.4 Å². The molecule has 1 rings (SSSR count). The molecule has 3 nitrogen and oxygen atoms in total. The van der Waals surface area contributed by atoms with E-state index >= 15 is 0 Å². The molecule has 0 heterocycles. The molecule has 0 spiro atoms. The molecular weight excluding hydrogens is 289 g/mol. The third-order valence-corrected chi connectivity index (χ3v) is 4.23. The number of rotatable bonds is 5. The molecule has 0 saturated heterocycles. The first-order valence-electron chi connectivity index (χ1n) is 6.11. The van der Waals surface area contributed by atoms with Gasteiger partial charge < -0.3 is 10.9 Å². The Morgan fingerprint density at radius 2 is 2.10 bits per heavy atom. The highest BCUT2D eigenvalue weighted by Crippen LogP contribution is 2.35. The second-order valence-electron chi connectivity index (χ2n) is 4.51. The summed E-state index contributed by atoms with van der Waals surface area (Å²) in [5, 5.41) is 11.2. The lowest BCUT2D eigenvalue weighted by Gasteiger charge is -2.14. The Labute approximate surface area is 120 Å². The van der Waals surface area contributed by atoms with Gasteiger partial charge in [0.1, 0.15) is 0 Å². The van der Waals surface area contributed by atoms with E-state index in [-0.39, 0.29) is 5.56 Å². The Balaban J connectivity index is 3.09. The van der Waals surface area contributed by atoms with Gasteiger partial charge in [-0.25, -0.2) is 0 Å². The summed E-state index contributed by atoms with van der Waals surface area (Å²) in [6.07, 6.45) is -3.57. The maximum Gasteiger partial charge on any atom is 0.417 e. The zero-order valence-electron chi connectivity index (χ0n) is 11.2.